The lowest BCUT2D eigenvalue weighted by atomic mass is 9.99. The minimum Gasteiger partial charge on any atom is -0.394 e. The highest BCUT2D eigenvalue weighted by Gasteiger charge is 2.43. The molecular formula is C12H24O6. The number of aliphatic hydroxyl groups excluding tert-OH is 4. The van der Waals surface area contributed by atoms with Crippen LogP contribution in [0.3, 0.4) is 0 Å². The van der Waals surface area contributed by atoms with E-state index in [1.165, 1.54) is 0 Å². The maximum absolute atomic E-state index is 9.68. The Labute approximate surface area is 107 Å². The van der Waals surface area contributed by atoms with Gasteiger partial charge in [0, 0.05) is 6.61 Å². The van der Waals surface area contributed by atoms with Crippen LogP contribution < -0.4 is 0 Å². The summed E-state index contributed by atoms with van der Waals surface area (Å²) < 4.78 is 10.5. The Morgan fingerprint density at radius 2 is 1.72 bits per heavy atom. The number of rotatable bonds is 7. The van der Waals surface area contributed by atoms with Crippen molar-refractivity contribution in [3.05, 3.63) is 0 Å². The Bertz CT molecular complexity index is 223. The zero-order chi connectivity index (χ0) is 13.5. The second kappa shape index (κ2) is 8.04. The first kappa shape index (κ1) is 15.8. The van der Waals surface area contributed by atoms with Crippen molar-refractivity contribution in [2.24, 2.45) is 0 Å². The van der Waals surface area contributed by atoms with Crippen molar-refractivity contribution >= 4 is 0 Å². The van der Waals surface area contributed by atoms with E-state index >= 15 is 0 Å². The molecule has 6 nitrogen and oxygen atoms in total. The molecule has 1 rings (SSSR count). The summed E-state index contributed by atoms with van der Waals surface area (Å²) in [5, 5.41) is 37.8. The van der Waals surface area contributed by atoms with Crippen LogP contribution >= 0.6 is 0 Å². The minimum atomic E-state index is -1.36. The number of hydrogen-bond acceptors (Lipinski definition) is 6. The Balaban J connectivity index is 2.35. The second-order valence-electron chi connectivity index (χ2n) is 4.63. The zero-order valence-corrected chi connectivity index (χ0v) is 10.7. The van der Waals surface area contributed by atoms with Crippen LogP contribution in [-0.2, 0) is 9.47 Å². The van der Waals surface area contributed by atoms with Gasteiger partial charge >= 0.3 is 0 Å². The van der Waals surface area contributed by atoms with E-state index in [1.807, 2.05) is 0 Å². The molecule has 6 heteroatoms. The molecule has 0 amide bonds. The Morgan fingerprint density at radius 1 is 1.00 bits per heavy atom. The molecule has 1 aliphatic rings. The van der Waals surface area contributed by atoms with Gasteiger partial charge in [0.15, 0.2) is 6.29 Å². The van der Waals surface area contributed by atoms with Gasteiger partial charge in [-0.15, -0.1) is 0 Å². The summed E-state index contributed by atoms with van der Waals surface area (Å²) in [6.07, 6.45) is -1.75. The molecule has 1 saturated heterocycles. The van der Waals surface area contributed by atoms with Gasteiger partial charge in [0.1, 0.15) is 24.4 Å². The first-order chi connectivity index (χ1) is 8.61. The van der Waals surface area contributed by atoms with E-state index in [4.69, 9.17) is 14.6 Å². The molecule has 1 unspecified atom stereocenters. The number of ether oxygens (including phenoxy) is 2. The van der Waals surface area contributed by atoms with Crippen LogP contribution in [0.2, 0.25) is 0 Å². The highest BCUT2D eigenvalue weighted by atomic mass is 16.7. The molecule has 0 spiro atoms. The third kappa shape index (κ3) is 4.15. The molecule has 108 valence electrons. The van der Waals surface area contributed by atoms with Gasteiger partial charge < -0.3 is 29.9 Å². The van der Waals surface area contributed by atoms with Crippen molar-refractivity contribution in [3.8, 4) is 0 Å². The molecule has 0 aliphatic carbocycles. The predicted octanol–water partition coefficient (Wildman–Crippen LogP) is -0.617. The Kier molecular flexibility index (Phi) is 7.06. The standard InChI is InChI=1S/C12H24O6/c1-2-3-4-5-6-17-12-11(16)10(15)9(14)8(7-13)18-12/h8-16H,2-7H2,1H3/t8-,9-,10+,11+,12?/m1/s1. The first-order valence-corrected chi connectivity index (χ1v) is 6.54. The van der Waals surface area contributed by atoms with E-state index < -0.39 is 37.3 Å². The molecular weight excluding hydrogens is 240 g/mol. The van der Waals surface area contributed by atoms with E-state index in [1.54, 1.807) is 0 Å². The molecule has 18 heavy (non-hydrogen) atoms. The van der Waals surface area contributed by atoms with Crippen LogP contribution in [0.15, 0.2) is 0 Å². The van der Waals surface area contributed by atoms with Crippen molar-refractivity contribution in [1.82, 2.24) is 0 Å². The number of hydrogen-bond donors (Lipinski definition) is 4. The number of aliphatic hydroxyl groups is 4. The van der Waals surface area contributed by atoms with Crippen molar-refractivity contribution in [3.63, 3.8) is 0 Å². The van der Waals surface area contributed by atoms with Crippen LogP contribution in [0, 0.1) is 0 Å². The monoisotopic (exact) mass is 264 g/mol. The Morgan fingerprint density at radius 3 is 2.33 bits per heavy atom. The summed E-state index contributed by atoms with van der Waals surface area (Å²) in [4.78, 5) is 0. The fraction of sp³-hybridized carbons (Fsp3) is 1.00. The van der Waals surface area contributed by atoms with E-state index in [9.17, 15) is 15.3 Å². The summed E-state index contributed by atoms with van der Waals surface area (Å²) in [5.41, 5.74) is 0. The molecule has 0 bridgehead atoms. The van der Waals surface area contributed by atoms with Crippen LogP contribution in [0.5, 0.6) is 0 Å². The van der Waals surface area contributed by atoms with Crippen LogP contribution in [0.4, 0.5) is 0 Å². The lowest BCUT2D eigenvalue weighted by molar-refractivity contribution is -0.301. The van der Waals surface area contributed by atoms with Gasteiger partial charge in [-0.25, -0.2) is 0 Å². The van der Waals surface area contributed by atoms with Crippen LogP contribution in [-0.4, -0.2) is 64.3 Å². The van der Waals surface area contributed by atoms with Crippen molar-refractivity contribution in [2.45, 2.75) is 63.3 Å². The highest BCUT2D eigenvalue weighted by Crippen LogP contribution is 2.22. The van der Waals surface area contributed by atoms with Gasteiger partial charge in [-0.05, 0) is 6.42 Å². The van der Waals surface area contributed by atoms with Gasteiger partial charge in [0.25, 0.3) is 0 Å². The average molecular weight is 264 g/mol. The molecule has 0 aromatic rings. The highest BCUT2D eigenvalue weighted by molar-refractivity contribution is 4.88. The summed E-state index contributed by atoms with van der Waals surface area (Å²) in [7, 11) is 0. The lowest BCUT2D eigenvalue weighted by Gasteiger charge is -2.39. The topological polar surface area (TPSA) is 99.4 Å². The van der Waals surface area contributed by atoms with Gasteiger partial charge in [-0.1, -0.05) is 26.2 Å². The van der Waals surface area contributed by atoms with Gasteiger partial charge in [-0.3, -0.25) is 0 Å². The van der Waals surface area contributed by atoms with Crippen LogP contribution in [0.25, 0.3) is 0 Å². The normalized spacial score (nSPS) is 36.8. The third-order valence-electron chi connectivity index (χ3n) is 3.13. The van der Waals surface area contributed by atoms with Gasteiger partial charge in [0.2, 0.25) is 0 Å². The maximum atomic E-state index is 9.68. The molecule has 0 aromatic heterocycles. The molecule has 1 heterocycles. The van der Waals surface area contributed by atoms with E-state index in [-0.39, 0.29) is 0 Å². The van der Waals surface area contributed by atoms with Crippen molar-refractivity contribution < 1.29 is 29.9 Å². The molecule has 0 radical (unpaired) electrons. The molecule has 1 fully saturated rings. The number of unbranched alkanes of at least 4 members (excludes halogenated alkanes) is 3. The molecule has 0 aromatic carbocycles. The minimum absolute atomic E-state index is 0.419. The second-order valence-corrected chi connectivity index (χ2v) is 4.63. The largest absolute Gasteiger partial charge is 0.394 e. The van der Waals surface area contributed by atoms with E-state index in [2.05, 4.69) is 6.92 Å². The SMILES string of the molecule is CCCCCCOC1O[C@H](CO)[C@@H](O)[C@H](O)[C@@H]1O. The van der Waals surface area contributed by atoms with Gasteiger partial charge in [-0.2, -0.15) is 0 Å². The predicted molar refractivity (Wildman–Crippen MR) is 63.9 cm³/mol. The summed E-state index contributed by atoms with van der Waals surface area (Å²) in [6.45, 7) is 2.10. The smallest absolute Gasteiger partial charge is 0.186 e. The summed E-state index contributed by atoms with van der Waals surface area (Å²) in [6, 6.07) is 0. The summed E-state index contributed by atoms with van der Waals surface area (Å²) in [5.74, 6) is 0. The first-order valence-electron chi connectivity index (χ1n) is 6.54. The van der Waals surface area contributed by atoms with Gasteiger partial charge in [0.05, 0.1) is 6.61 Å². The lowest BCUT2D eigenvalue weighted by Crippen LogP contribution is -2.59. The maximum Gasteiger partial charge on any atom is 0.186 e. The molecule has 4 N–H and O–H groups in total. The third-order valence-corrected chi connectivity index (χ3v) is 3.13. The molecule has 1 aliphatic heterocycles. The fourth-order valence-corrected chi connectivity index (χ4v) is 1.93. The molecule has 5 atom stereocenters. The Hall–Kier alpha value is -0.240. The van der Waals surface area contributed by atoms with Crippen LogP contribution in [0.1, 0.15) is 32.6 Å². The molecule has 0 saturated carbocycles. The fourth-order valence-electron chi connectivity index (χ4n) is 1.93. The quantitative estimate of drug-likeness (QED) is 0.458. The zero-order valence-electron chi connectivity index (χ0n) is 10.7. The van der Waals surface area contributed by atoms with E-state index in [0.717, 1.165) is 25.7 Å². The van der Waals surface area contributed by atoms with Crippen molar-refractivity contribution in [1.29, 1.82) is 0 Å². The van der Waals surface area contributed by atoms with Crippen molar-refractivity contribution in [2.75, 3.05) is 13.2 Å². The summed E-state index contributed by atoms with van der Waals surface area (Å²) >= 11 is 0. The van der Waals surface area contributed by atoms with E-state index in [0.29, 0.717) is 6.61 Å². The average Bonchev–Trinajstić information content (AvgIpc) is 2.38.